The summed E-state index contributed by atoms with van der Waals surface area (Å²) in [4.78, 5) is 16.5. The second kappa shape index (κ2) is 6.79. The lowest BCUT2D eigenvalue weighted by Gasteiger charge is -2.10. The number of benzene rings is 2. The largest absolute Gasteiger partial charge is 0.494 e. The summed E-state index contributed by atoms with van der Waals surface area (Å²) in [5.74, 6) is 0.775. The fourth-order valence-electron chi connectivity index (χ4n) is 2.29. The Bertz CT molecular complexity index is 811. The molecule has 3 aromatic rings. The van der Waals surface area contributed by atoms with Crippen LogP contribution < -0.4 is 15.4 Å². The van der Waals surface area contributed by atoms with Crippen molar-refractivity contribution in [1.29, 1.82) is 0 Å². The third kappa shape index (κ3) is 3.58. The first-order valence-electron chi connectivity index (χ1n) is 7.41. The number of ether oxygens (including phenoxy) is 1. The van der Waals surface area contributed by atoms with Crippen LogP contribution in [0.25, 0.3) is 10.9 Å². The minimum atomic E-state index is -0.313. The van der Waals surface area contributed by atoms with Gasteiger partial charge in [0, 0.05) is 17.3 Å². The number of hydrogen-bond acceptors (Lipinski definition) is 3. The van der Waals surface area contributed by atoms with E-state index in [0.717, 1.165) is 16.7 Å². The number of fused-ring (bicyclic) bond motifs is 1. The molecule has 0 aliphatic heterocycles. The van der Waals surface area contributed by atoms with Crippen molar-refractivity contribution < 1.29 is 9.53 Å². The summed E-state index contributed by atoms with van der Waals surface area (Å²) in [6, 6.07) is 16.4. The first-order chi connectivity index (χ1) is 11.3. The third-order valence-electron chi connectivity index (χ3n) is 3.30. The van der Waals surface area contributed by atoms with E-state index >= 15 is 0 Å². The molecule has 2 amide bonds. The number of hydrogen-bond donors (Lipinski definition) is 2. The van der Waals surface area contributed by atoms with Crippen LogP contribution in [-0.2, 0) is 0 Å². The molecule has 23 heavy (non-hydrogen) atoms. The summed E-state index contributed by atoms with van der Waals surface area (Å²) in [6.45, 7) is 2.54. The maximum Gasteiger partial charge on any atom is 0.323 e. The Morgan fingerprint density at radius 3 is 2.61 bits per heavy atom. The van der Waals surface area contributed by atoms with Crippen LogP contribution in [0.2, 0.25) is 0 Å². The number of anilines is 2. The number of para-hydroxylation sites is 1. The molecule has 0 atom stereocenters. The Kier molecular flexibility index (Phi) is 4.38. The molecule has 2 N–H and O–H groups in total. The van der Waals surface area contributed by atoms with Crippen molar-refractivity contribution >= 4 is 28.3 Å². The fraction of sp³-hybridized carbons (Fsp3) is 0.111. The highest BCUT2D eigenvalue weighted by Gasteiger charge is 2.06. The molecule has 0 fully saturated rings. The fourth-order valence-corrected chi connectivity index (χ4v) is 2.29. The van der Waals surface area contributed by atoms with Gasteiger partial charge < -0.3 is 15.4 Å². The summed E-state index contributed by atoms with van der Waals surface area (Å²) in [5.41, 5.74) is 2.13. The number of urea groups is 1. The summed E-state index contributed by atoms with van der Waals surface area (Å²) in [5, 5.41) is 6.60. The van der Waals surface area contributed by atoms with Gasteiger partial charge in [0.05, 0.1) is 17.8 Å². The Balaban J connectivity index is 1.71. The summed E-state index contributed by atoms with van der Waals surface area (Å²) >= 11 is 0. The molecule has 2 aromatic carbocycles. The summed E-state index contributed by atoms with van der Waals surface area (Å²) in [6.07, 6.45) is 1.71. The molecule has 3 rings (SSSR count). The van der Waals surface area contributed by atoms with Crippen LogP contribution in [0.15, 0.2) is 60.8 Å². The minimum Gasteiger partial charge on any atom is -0.494 e. The molecule has 0 spiro atoms. The molecule has 0 aliphatic carbocycles. The number of aromatic nitrogens is 1. The molecule has 0 saturated carbocycles. The highest BCUT2D eigenvalue weighted by Crippen LogP contribution is 2.21. The van der Waals surface area contributed by atoms with E-state index in [0.29, 0.717) is 18.0 Å². The van der Waals surface area contributed by atoms with Crippen LogP contribution >= 0.6 is 0 Å². The van der Waals surface area contributed by atoms with Crippen LogP contribution in [0.1, 0.15) is 6.92 Å². The van der Waals surface area contributed by atoms with Crippen molar-refractivity contribution in [3.63, 3.8) is 0 Å². The number of pyridine rings is 1. The third-order valence-corrected chi connectivity index (χ3v) is 3.30. The van der Waals surface area contributed by atoms with Crippen molar-refractivity contribution in [2.24, 2.45) is 0 Å². The normalized spacial score (nSPS) is 10.3. The zero-order valence-electron chi connectivity index (χ0n) is 12.7. The zero-order chi connectivity index (χ0) is 16.1. The molecule has 116 valence electrons. The number of carbonyl (C=O) groups excluding carboxylic acids is 1. The van der Waals surface area contributed by atoms with Crippen molar-refractivity contribution in [3.8, 4) is 5.75 Å². The maximum atomic E-state index is 12.2. The van der Waals surface area contributed by atoms with Gasteiger partial charge in [-0.25, -0.2) is 4.79 Å². The smallest absolute Gasteiger partial charge is 0.323 e. The lowest BCUT2D eigenvalue weighted by molar-refractivity contribution is 0.262. The predicted octanol–water partition coefficient (Wildman–Crippen LogP) is 4.28. The SMILES string of the molecule is CCOc1ccc(NC(=O)Nc2cccc3cccnc23)cc1. The van der Waals surface area contributed by atoms with Gasteiger partial charge in [-0.05, 0) is 43.3 Å². The Hall–Kier alpha value is -3.08. The van der Waals surface area contributed by atoms with Gasteiger partial charge in [0.25, 0.3) is 0 Å². The van der Waals surface area contributed by atoms with E-state index in [4.69, 9.17) is 4.74 Å². The van der Waals surface area contributed by atoms with Gasteiger partial charge in [-0.3, -0.25) is 4.98 Å². The second-order valence-corrected chi connectivity index (χ2v) is 4.92. The quantitative estimate of drug-likeness (QED) is 0.756. The minimum absolute atomic E-state index is 0.313. The van der Waals surface area contributed by atoms with Crippen LogP contribution in [-0.4, -0.2) is 17.6 Å². The number of nitrogens with zero attached hydrogens (tertiary/aromatic N) is 1. The zero-order valence-corrected chi connectivity index (χ0v) is 12.7. The standard InChI is InChI=1S/C18H17N3O2/c1-2-23-15-10-8-14(9-11-15)20-18(22)21-16-7-3-5-13-6-4-12-19-17(13)16/h3-12H,2H2,1H3,(H2,20,21,22). The van der Waals surface area contributed by atoms with E-state index in [1.165, 1.54) is 0 Å². The monoisotopic (exact) mass is 307 g/mol. The Morgan fingerprint density at radius 2 is 1.83 bits per heavy atom. The van der Waals surface area contributed by atoms with E-state index in [-0.39, 0.29) is 6.03 Å². The highest BCUT2D eigenvalue weighted by atomic mass is 16.5. The second-order valence-electron chi connectivity index (χ2n) is 4.92. The van der Waals surface area contributed by atoms with Crippen molar-refractivity contribution in [2.45, 2.75) is 6.92 Å². The first kappa shape index (κ1) is 14.8. The molecular weight excluding hydrogens is 290 g/mol. The number of rotatable bonds is 4. The number of amides is 2. The number of carbonyl (C=O) groups is 1. The van der Waals surface area contributed by atoms with E-state index < -0.39 is 0 Å². The molecule has 0 radical (unpaired) electrons. The van der Waals surface area contributed by atoms with E-state index in [1.54, 1.807) is 18.3 Å². The van der Waals surface area contributed by atoms with Crippen LogP contribution in [0.3, 0.4) is 0 Å². The van der Waals surface area contributed by atoms with Crippen molar-refractivity contribution in [1.82, 2.24) is 4.98 Å². The van der Waals surface area contributed by atoms with E-state index in [1.807, 2.05) is 49.4 Å². The van der Waals surface area contributed by atoms with Gasteiger partial charge >= 0.3 is 6.03 Å². The maximum absolute atomic E-state index is 12.2. The van der Waals surface area contributed by atoms with Gasteiger partial charge in [0.2, 0.25) is 0 Å². The topological polar surface area (TPSA) is 63.2 Å². The summed E-state index contributed by atoms with van der Waals surface area (Å²) < 4.78 is 5.37. The van der Waals surface area contributed by atoms with E-state index in [2.05, 4.69) is 15.6 Å². The lowest BCUT2D eigenvalue weighted by Crippen LogP contribution is -2.19. The average molecular weight is 307 g/mol. The lowest BCUT2D eigenvalue weighted by atomic mass is 10.2. The average Bonchev–Trinajstić information content (AvgIpc) is 2.57. The molecule has 5 nitrogen and oxygen atoms in total. The van der Waals surface area contributed by atoms with Gasteiger partial charge in [-0.2, -0.15) is 0 Å². The molecule has 0 saturated heterocycles. The molecule has 0 aliphatic rings. The predicted molar refractivity (Wildman–Crippen MR) is 92.0 cm³/mol. The van der Waals surface area contributed by atoms with Crippen LogP contribution in [0.4, 0.5) is 16.2 Å². The van der Waals surface area contributed by atoms with E-state index in [9.17, 15) is 4.79 Å². The van der Waals surface area contributed by atoms with Gasteiger partial charge in [0.15, 0.2) is 0 Å². The Labute approximate surface area is 134 Å². The van der Waals surface area contributed by atoms with Gasteiger partial charge in [0.1, 0.15) is 5.75 Å². The molecule has 1 heterocycles. The molecule has 1 aromatic heterocycles. The summed E-state index contributed by atoms with van der Waals surface area (Å²) in [7, 11) is 0. The van der Waals surface area contributed by atoms with Crippen LogP contribution in [0.5, 0.6) is 5.75 Å². The Morgan fingerprint density at radius 1 is 1.04 bits per heavy atom. The van der Waals surface area contributed by atoms with Gasteiger partial charge in [-0.15, -0.1) is 0 Å². The molecule has 0 unspecified atom stereocenters. The van der Waals surface area contributed by atoms with Crippen molar-refractivity contribution in [3.05, 3.63) is 60.8 Å². The number of nitrogens with one attached hydrogen (secondary N) is 2. The van der Waals surface area contributed by atoms with Crippen molar-refractivity contribution in [2.75, 3.05) is 17.2 Å². The molecule has 0 bridgehead atoms. The van der Waals surface area contributed by atoms with Crippen LogP contribution in [0, 0.1) is 0 Å². The highest BCUT2D eigenvalue weighted by molar-refractivity contribution is 6.04. The van der Waals surface area contributed by atoms with Gasteiger partial charge in [-0.1, -0.05) is 18.2 Å². The first-order valence-corrected chi connectivity index (χ1v) is 7.41. The molecular formula is C18H17N3O2. The molecule has 5 heteroatoms.